The summed E-state index contributed by atoms with van der Waals surface area (Å²) in [6.45, 7) is -0.432. The molecule has 10 nitrogen and oxygen atoms in total. The number of methoxy groups -OCH3 is 1. The lowest BCUT2D eigenvalue weighted by Gasteiger charge is -2.17. The molecule has 0 aliphatic rings. The Balaban J connectivity index is 0.00000380. The van der Waals surface area contributed by atoms with E-state index in [1.807, 2.05) is 0 Å². The fraction of sp³-hybridized carbons (Fsp3) is 0.200. The maximum absolute atomic E-state index is 13.5. The van der Waals surface area contributed by atoms with Crippen molar-refractivity contribution in [2.75, 3.05) is 13.7 Å². The summed E-state index contributed by atoms with van der Waals surface area (Å²) in [5.74, 6) is -3.43. The predicted molar refractivity (Wildman–Crippen MR) is 131 cm³/mol. The van der Waals surface area contributed by atoms with Gasteiger partial charge in [0.15, 0.2) is 17.7 Å². The molecule has 0 aliphatic heterocycles. The van der Waals surface area contributed by atoms with Gasteiger partial charge in [-0.15, -0.1) is 0 Å². The van der Waals surface area contributed by atoms with Gasteiger partial charge in [0.25, 0.3) is 11.5 Å². The van der Waals surface area contributed by atoms with Crippen molar-refractivity contribution in [1.29, 1.82) is 0 Å². The lowest BCUT2D eigenvalue weighted by atomic mass is 10.2. The van der Waals surface area contributed by atoms with Crippen molar-refractivity contribution in [1.82, 2.24) is 19.9 Å². The topological polar surface area (TPSA) is 135 Å². The second-order valence-corrected chi connectivity index (χ2v) is 7.75. The molecule has 0 saturated carbocycles. The first-order valence-electron chi connectivity index (χ1n) is 10.6. The number of hydrogen-bond acceptors (Lipinski definition) is 6. The number of amides is 1. The summed E-state index contributed by atoms with van der Waals surface area (Å²) in [4.78, 5) is 54.5. The number of aromatic nitrogens is 3. The minimum atomic E-state index is -1.26. The van der Waals surface area contributed by atoms with Gasteiger partial charge in [0.1, 0.15) is 17.9 Å². The number of rotatable bonds is 8. The molecule has 37 heavy (non-hydrogen) atoms. The van der Waals surface area contributed by atoms with Gasteiger partial charge in [-0.25, -0.2) is 18.4 Å². The van der Waals surface area contributed by atoms with Crippen molar-refractivity contribution in [2.45, 2.75) is 20.0 Å². The number of fused-ring (bicyclic) bond motifs is 1. The minimum Gasteiger partial charge on any atom is -0.491 e. The van der Waals surface area contributed by atoms with E-state index < -0.39 is 35.1 Å². The van der Waals surface area contributed by atoms with Crippen molar-refractivity contribution in [2.24, 2.45) is 0 Å². The molecule has 194 valence electrons. The molecule has 2 heterocycles. The van der Waals surface area contributed by atoms with Gasteiger partial charge in [-0.05, 0) is 42.0 Å². The summed E-state index contributed by atoms with van der Waals surface area (Å²) in [6, 6.07) is 9.38. The number of pyridine rings is 1. The Labute approximate surface area is 208 Å². The van der Waals surface area contributed by atoms with E-state index in [1.165, 1.54) is 30.5 Å². The summed E-state index contributed by atoms with van der Waals surface area (Å²) in [5, 5.41) is 2.42. The van der Waals surface area contributed by atoms with E-state index in [2.05, 4.69) is 15.3 Å². The van der Waals surface area contributed by atoms with Crippen LogP contribution < -0.4 is 21.3 Å². The second kappa shape index (κ2) is 11.3. The Morgan fingerprint density at radius 1 is 1.03 bits per heavy atom. The van der Waals surface area contributed by atoms with Crippen LogP contribution in [-0.2, 0) is 16.1 Å². The summed E-state index contributed by atoms with van der Waals surface area (Å²) in [5.41, 5.74) is -0.00238. The highest BCUT2D eigenvalue weighted by Crippen LogP contribution is 2.17. The third-order valence-electron chi connectivity index (χ3n) is 5.30. The molecule has 1 atom stereocenters. The third-order valence-corrected chi connectivity index (χ3v) is 5.30. The zero-order valence-corrected chi connectivity index (χ0v) is 18.8. The molecule has 4 rings (SSSR count). The van der Waals surface area contributed by atoms with Gasteiger partial charge in [-0.2, -0.15) is 0 Å². The maximum atomic E-state index is 13.5. The molecule has 0 aliphatic carbocycles. The highest BCUT2D eigenvalue weighted by molar-refractivity contribution is 5.96. The Morgan fingerprint density at radius 2 is 1.78 bits per heavy atom. The van der Waals surface area contributed by atoms with Gasteiger partial charge in [-0.1, -0.05) is 13.5 Å². The monoisotopic (exact) mass is 514 g/mol. The number of nitrogens with one attached hydrogen (secondary N) is 3. The molecule has 1 amide bonds. The number of imidazole rings is 1. The smallest absolute Gasteiger partial charge is 0.331 e. The second-order valence-electron chi connectivity index (χ2n) is 7.75. The van der Waals surface area contributed by atoms with E-state index in [0.717, 1.165) is 23.8 Å². The molecule has 0 saturated heterocycles. The number of ether oxygens (including phenoxy) is 2. The van der Waals surface area contributed by atoms with Crippen LogP contribution in [0.5, 0.6) is 5.75 Å². The number of esters is 1. The number of aromatic amines is 2. The van der Waals surface area contributed by atoms with Gasteiger partial charge in [0, 0.05) is 12.3 Å². The van der Waals surface area contributed by atoms with E-state index >= 15 is 0 Å². The number of benzene rings is 2. The number of H-pyrrole nitrogens is 2. The average Bonchev–Trinajstić information content (AvgIpc) is 3.23. The SMILES string of the molecule is C.COC(=O)[C@@H](COc1ccc2[nH]c(=O)[nH]c2c1)NC(=O)c1cccn(Cc2ccc(F)c(F)c2)c1=O. The Hall–Kier alpha value is -4.74. The molecule has 0 fully saturated rings. The van der Waals surface area contributed by atoms with E-state index in [1.54, 1.807) is 12.1 Å². The Kier molecular flexibility index (Phi) is 8.23. The van der Waals surface area contributed by atoms with Gasteiger partial charge in [0.2, 0.25) is 0 Å². The fourth-order valence-corrected chi connectivity index (χ4v) is 3.50. The molecule has 0 unspecified atom stereocenters. The van der Waals surface area contributed by atoms with Gasteiger partial charge in [0.05, 0.1) is 24.7 Å². The molecular formula is C25H24F2N4O6. The first-order valence-corrected chi connectivity index (χ1v) is 10.6. The molecule has 12 heteroatoms. The van der Waals surface area contributed by atoms with Crippen molar-refractivity contribution < 1.29 is 27.8 Å². The van der Waals surface area contributed by atoms with E-state index in [4.69, 9.17) is 9.47 Å². The summed E-state index contributed by atoms with van der Waals surface area (Å²) >= 11 is 0. The molecule has 2 aromatic carbocycles. The molecule has 0 spiro atoms. The van der Waals surface area contributed by atoms with Crippen LogP contribution in [0.1, 0.15) is 23.3 Å². The molecule has 4 aromatic rings. The fourth-order valence-electron chi connectivity index (χ4n) is 3.50. The van der Waals surface area contributed by atoms with Gasteiger partial charge >= 0.3 is 11.7 Å². The van der Waals surface area contributed by atoms with Gasteiger partial charge < -0.3 is 29.3 Å². The number of halogens is 2. The van der Waals surface area contributed by atoms with Crippen LogP contribution in [0.15, 0.2) is 64.3 Å². The highest BCUT2D eigenvalue weighted by Gasteiger charge is 2.25. The number of carbonyl (C=O) groups is 2. The minimum absolute atomic E-state index is 0. The van der Waals surface area contributed by atoms with Crippen LogP contribution in [0, 0.1) is 11.6 Å². The standard InChI is InChI=1S/C24H20F2N4O6.CH4/c1-35-23(33)20(12-36-14-5-7-18-19(10-14)29-24(34)28-18)27-21(31)15-3-2-8-30(22(15)32)11-13-4-6-16(25)17(26)9-13;/h2-10,20H,11-12H2,1H3,(H,27,31)(H2,28,29,34);1H4/t20-;/m1./s1. The van der Waals surface area contributed by atoms with Crippen LogP contribution in [0.25, 0.3) is 11.0 Å². The predicted octanol–water partition coefficient (Wildman–Crippen LogP) is 2.33. The summed E-state index contributed by atoms with van der Waals surface area (Å²) in [7, 11) is 1.13. The van der Waals surface area contributed by atoms with Crippen LogP contribution in [0.3, 0.4) is 0 Å². The van der Waals surface area contributed by atoms with Crippen molar-refractivity contribution in [3.05, 3.63) is 98.3 Å². The number of carbonyl (C=O) groups excluding carboxylic acids is 2. The molecular weight excluding hydrogens is 490 g/mol. The van der Waals surface area contributed by atoms with E-state index in [-0.39, 0.29) is 31.8 Å². The van der Waals surface area contributed by atoms with Crippen LogP contribution in [-0.4, -0.2) is 46.2 Å². The average molecular weight is 514 g/mol. The quantitative estimate of drug-likeness (QED) is 0.309. The van der Waals surface area contributed by atoms with Crippen LogP contribution in [0.2, 0.25) is 0 Å². The Morgan fingerprint density at radius 3 is 2.51 bits per heavy atom. The first kappa shape index (κ1) is 26.9. The molecule has 0 bridgehead atoms. The summed E-state index contributed by atoms with van der Waals surface area (Å²) < 4.78 is 38.2. The third kappa shape index (κ3) is 6.10. The van der Waals surface area contributed by atoms with Crippen molar-refractivity contribution in [3.63, 3.8) is 0 Å². The zero-order valence-electron chi connectivity index (χ0n) is 18.8. The first-order chi connectivity index (χ1) is 17.2. The van der Waals surface area contributed by atoms with Crippen LogP contribution in [0.4, 0.5) is 8.78 Å². The number of hydrogen-bond donors (Lipinski definition) is 3. The van der Waals surface area contributed by atoms with E-state index in [0.29, 0.717) is 22.3 Å². The van der Waals surface area contributed by atoms with E-state index in [9.17, 15) is 28.0 Å². The highest BCUT2D eigenvalue weighted by atomic mass is 19.2. The van der Waals surface area contributed by atoms with Crippen molar-refractivity contribution >= 4 is 22.9 Å². The van der Waals surface area contributed by atoms with Crippen molar-refractivity contribution in [3.8, 4) is 5.75 Å². The van der Waals surface area contributed by atoms with Crippen LogP contribution >= 0.6 is 0 Å². The summed E-state index contributed by atoms with van der Waals surface area (Å²) in [6.07, 6.45) is 1.39. The maximum Gasteiger partial charge on any atom is 0.331 e. The number of nitrogens with zero attached hydrogens (tertiary/aromatic N) is 1. The normalized spacial score (nSPS) is 11.4. The molecule has 3 N–H and O–H groups in total. The lowest BCUT2D eigenvalue weighted by Crippen LogP contribution is -2.47. The van der Waals surface area contributed by atoms with Gasteiger partial charge in [-0.3, -0.25) is 9.59 Å². The molecule has 2 aromatic heterocycles. The Bertz CT molecular complexity index is 1560. The largest absolute Gasteiger partial charge is 0.491 e. The zero-order chi connectivity index (χ0) is 25.8. The lowest BCUT2D eigenvalue weighted by molar-refractivity contribution is -0.143. The molecule has 0 radical (unpaired) electrons.